The minimum atomic E-state index is -1.48. The summed E-state index contributed by atoms with van der Waals surface area (Å²) in [6.45, 7) is 1.89. The number of rotatable bonds is 9. The number of carbonyl (C=O) groups is 1. The van der Waals surface area contributed by atoms with Crippen LogP contribution in [-0.4, -0.2) is 76.8 Å². The Kier molecular flexibility index (Phi) is 9.22. The first-order valence-corrected chi connectivity index (χ1v) is 11.4. The average molecular weight is 450 g/mol. The van der Waals surface area contributed by atoms with Gasteiger partial charge < -0.3 is 35.2 Å². The average Bonchev–Trinajstić information content (AvgIpc) is 3.24. The van der Waals surface area contributed by atoms with Gasteiger partial charge in [0, 0.05) is 12.5 Å². The Balaban J connectivity index is 1.44. The molecule has 1 heterocycles. The molecule has 8 nitrogen and oxygen atoms in total. The maximum atomic E-state index is 12.8. The largest absolute Gasteiger partial charge is 0.394 e. The molecule has 0 radical (unpaired) electrons. The van der Waals surface area contributed by atoms with Gasteiger partial charge in [-0.1, -0.05) is 55.8 Å². The van der Waals surface area contributed by atoms with Crippen LogP contribution in [0.4, 0.5) is 0 Å². The number of nitrogens with one attached hydrogen (secondary N) is 1. The van der Waals surface area contributed by atoms with Crippen molar-refractivity contribution in [2.24, 2.45) is 17.8 Å². The van der Waals surface area contributed by atoms with Gasteiger partial charge in [0.2, 0.25) is 5.91 Å². The van der Waals surface area contributed by atoms with Gasteiger partial charge in [0.05, 0.1) is 13.2 Å². The molecule has 1 saturated heterocycles. The number of allylic oxidation sites excluding steroid dienone is 1. The summed E-state index contributed by atoms with van der Waals surface area (Å²) >= 11 is 0. The monoisotopic (exact) mass is 449 g/mol. The highest BCUT2D eigenvalue weighted by Crippen LogP contribution is 2.39. The smallest absolute Gasteiger partial charge is 0.223 e. The summed E-state index contributed by atoms with van der Waals surface area (Å²) in [5.41, 5.74) is 1.15. The Labute approximate surface area is 188 Å². The van der Waals surface area contributed by atoms with E-state index in [1.165, 1.54) is 0 Å². The molecular weight excluding hydrogens is 414 g/mol. The van der Waals surface area contributed by atoms with Crippen molar-refractivity contribution in [2.45, 2.75) is 56.9 Å². The summed E-state index contributed by atoms with van der Waals surface area (Å²) in [5, 5.41) is 41.7. The predicted molar refractivity (Wildman–Crippen MR) is 118 cm³/mol. The molecule has 1 aromatic carbocycles. The third-order valence-corrected chi connectivity index (χ3v) is 6.48. The Morgan fingerprint density at radius 3 is 2.59 bits per heavy atom. The summed E-state index contributed by atoms with van der Waals surface area (Å²) < 4.78 is 10.7. The maximum absolute atomic E-state index is 12.8. The van der Waals surface area contributed by atoms with Gasteiger partial charge in [0.25, 0.3) is 0 Å². The van der Waals surface area contributed by atoms with Crippen LogP contribution in [0.2, 0.25) is 0 Å². The van der Waals surface area contributed by atoms with Crippen LogP contribution in [0.1, 0.15) is 31.7 Å². The number of aliphatic hydroxyl groups is 4. The van der Waals surface area contributed by atoms with Crippen molar-refractivity contribution in [1.29, 1.82) is 0 Å². The minimum absolute atomic E-state index is 0.00939. The molecule has 0 aromatic heterocycles. The predicted octanol–water partition coefficient (Wildman–Crippen LogP) is 0.685. The molecule has 32 heavy (non-hydrogen) atoms. The first-order valence-electron chi connectivity index (χ1n) is 11.4. The molecule has 2 fully saturated rings. The zero-order valence-corrected chi connectivity index (χ0v) is 18.4. The van der Waals surface area contributed by atoms with Crippen LogP contribution in [-0.2, 0) is 14.3 Å². The van der Waals surface area contributed by atoms with Gasteiger partial charge in [-0.15, -0.1) is 0 Å². The first kappa shape index (κ1) is 24.8. The van der Waals surface area contributed by atoms with Crippen LogP contribution in [0.3, 0.4) is 0 Å². The van der Waals surface area contributed by atoms with Crippen LogP contribution < -0.4 is 5.32 Å². The molecule has 2 aliphatic rings. The molecule has 8 unspecified atom stereocenters. The zero-order valence-electron chi connectivity index (χ0n) is 18.4. The highest BCUT2D eigenvalue weighted by molar-refractivity contribution is 5.79. The lowest BCUT2D eigenvalue weighted by Crippen LogP contribution is -2.59. The summed E-state index contributed by atoms with van der Waals surface area (Å²) in [5.74, 6) is 0.621. The molecule has 3 rings (SSSR count). The van der Waals surface area contributed by atoms with E-state index >= 15 is 0 Å². The van der Waals surface area contributed by atoms with Crippen molar-refractivity contribution in [1.82, 2.24) is 5.32 Å². The third-order valence-electron chi connectivity index (χ3n) is 6.48. The second-order valence-electron chi connectivity index (χ2n) is 8.64. The number of carbonyl (C=O) groups excluding carboxylic acids is 1. The van der Waals surface area contributed by atoms with E-state index in [0.717, 1.165) is 24.8 Å². The fourth-order valence-electron chi connectivity index (χ4n) is 4.59. The van der Waals surface area contributed by atoms with E-state index in [0.29, 0.717) is 11.8 Å². The Morgan fingerprint density at radius 1 is 1.16 bits per heavy atom. The SMILES string of the molecule is CCC1CC(/C=C/c2ccccc2)CC1C(=O)NCCOC1OC(CO)C(O)C(O)C1O. The molecule has 1 aromatic rings. The van der Waals surface area contributed by atoms with Crippen molar-refractivity contribution in [3.63, 3.8) is 0 Å². The van der Waals surface area contributed by atoms with Gasteiger partial charge in [-0.2, -0.15) is 0 Å². The molecule has 1 saturated carbocycles. The molecule has 8 atom stereocenters. The van der Waals surface area contributed by atoms with Gasteiger partial charge in [0.15, 0.2) is 6.29 Å². The Hall–Kier alpha value is -1.81. The zero-order chi connectivity index (χ0) is 23.1. The number of ether oxygens (including phenoxy) is 2. The Morgan fingerprint density at radius 2 is 1.91 bits per heavy atom. The van der Waals surface area contributed by atoms with Gasteiger partial charge in [0.1, 0.15) is 24.4 Å². The van der Waals surface area contributed by atoms with E-state index < -0.39 is 37.3 Å². The van der Waals surface area contributed by atoms with E-state index in [2.05, 4.69) is 36.5 Å². The van der Waals surface area contributed by atoms with Gasteiger partial charge in [-0.25, -0.2) is 0 Å². The standard InChI is InChI=1S/C24H35NO7/c1-2-17-12-16(9-8-15-6-4-3-5-7-15)13-18(17)23(30)25-10-11-31-24-22(29)21(28)20(27)19(14-26)32-24/h3-9,16-22,24,26-29H,2,10-14H2,1H3,(H,25,30)/b9-8+. The molecule has 178 valence electrons. The molecule has 1 aliphatic carbocycles. The van der Waals surface area contributed by atoms with Crippen molar-refractivity contribution in [3.8, 4) is 0 Å². The van der Waals surface area contributed by atoms with Crippen LogP contribution >= 0.6 is 0 Å². The summed E-state index contributed by atoms with van der Waals surface area (Å²) in [6, 6.07) is 10.1. The number of aliphatic hydroxyl groups excluding tert-OH is 4. The van der Waals surface area contributed by atoms with Crippen molar-refractivity contribution >= 4 is 12.0 Å². The summed E-state index contributed by atoms with van der Waals surface area (Å²) in [7, 11) is 0. The molecule has 1 amide bonds. The molecular formula is C24H35NO7. The lowest BCUT2D eigenvalue weighted by atomic mass is 9.93. The van der Waals surface area contributed by atoms with Gasteiger partial charge in [-0.05, 0) is 30.2 Å². The number of hydrogen-bond donors (Lipinski definition) is 5. The lowest BCUT2D eigenvalue weighted by Gasteiger charge is -2.39. The fraction of sp³-hybridized carbons (Fsp3) is 0.625. The number of hydrogen-bond acceptors (Lipinski definition) is 7. The fourth-order valence-corrected chi connectivity index (χ4v) is 4.59. The molecule has 1 aliphatic heterocycles. The normalized spacial score (nSPS) is 35.3. The Bertz CT molecular complexity index is 741. The summed E-state index contributed by atoms with van der Waals surface area (Å²) in [6.07, 6.45) is 0.495. The van der Waals surface area contributed by atoms with E-state index in [4.69, 9.17) is 9.47 Å². The van der Waals surface area contributed by atoms with Crippen LogP contribution in [0.5, 0.6) is 0 Å². The maximum Gasteiger partial charge on any atom is 0.223 e. The highest BCUT2D eigenvalue weighted by Gasteiger charge is 2.44. The van der Waals surface area contributed by atoms with E-state index in [1.807, 2.05) is 18.2 Å². The number of amides is 1. The first-order chi connectivity index (χ1) is 15.4. The summed E-state index contributed by atoms with van der Waals surface area (Å²) in [4.78, 5) is 12.8. The quantitative estimate of drug-likeness (QED) is 0.351. The molecule has 5 N–H and O–H groups in total. The van der Waals surface area contributed by atoms with Crippen molar-refractivity contribution < 1.29 is 34.7 Å². The van der Waals surface area contributed by atoms with Crippen molar-refractivity contribution in [3.05, 3.63) is 42.0 Å². The molecule has 8 heteroatoms. The lowest BCUT2D eigenvalue weighted by molar-refractivity contribution is -0.300. The minimum Gasteiger partial charge on any atom is -0.394 e. The number of benzene rings is 1. The second kappa shape index (κ2) is 11.9. The molecule has 0 bridgehead atoms. The van der Waals surface area contributed by atoms with Gasteiger partial charge in [-0.3, -0.25) is 4.79 Å². The van der Waals surface area contributed by atoms with Crippen LogP contribution in [0.15, 0.2) is 36.4 Å². The van der Waals surface area contributed by atoms with E-state index in [1.54, 1.807) is 0 Å². The topological polar surface area (TPSA) is 128 Å². The van der Waals surface area contributed by atoms with Gasteiger partial charge >= 0.3 is 0 Å². The van der Waals surface area contributed by atoms with E-state index in [9.17, 15) is 25.2 Å². The molecule has 0 spiro atoms. The third kappa shape index (κ3) is 6.15. The van der Waals surface area contributed by atoms with Crippen LogP contribution in [0.25, 0.3) is 6.08 Å². The second-order valence-corrected chi connectivity index (χ2v) is 8.64. The highest BCUT2D eigenvalue weighted by atomic mass is 16.7. The van der Waals surface area contributed by atoms with E-state index in [-0.39, 0.29) is 25.0 Å². The van der Waals surface area contributed by atoms with Crippen molar-refractivity contribution in [2.75, 3.05) is 19.8 Å². The van der Waals surface area contributed by atoms with Crippen LogP contribution in [0, 0.1) is 17.8 Å².